The summed E-state index contributed by atoms with van der Waals surface area (Å²) >= 11 is 0. The summed E-state index contributed by atoms with van der Waals surface area (Å²) in [4.78, 5) is 13.9. The zero-order valence-corrected chi connectivity index (χ0v) is 14.4. The van der Waals surface area contributed by atoms with Crippen LogP contribution in [0.15, 0.2) is 18.2 Å². The lowest BCUT2D eigenvalue weighted by molar-refractivity contribution is 0.0291. The molecule has 1 saturated heterocycles. The number of hydrogen-bond acceptors (Lipinski definition) is 3. The molecule has 1 aromatic rings. The molecule has 0 spiro atoms. The van der Waals surface area contributed by atoms with E-state index >= 15 is 0 Å². The highest BCUT2D eigenvalue weighted by Crippen LogP contribution is 2.17. The minimum atomic E-state index is -0.430. The van der Waals surface area contributed by atoms with Gasteiger partial charge in [-0.25, -0.2) is 4.79 Å². The van der Waals surface area contributed by atoms with E-state index in [2.05, 4.69) is 37.4 Å². The topological polar surface area (TPSA) is 41.6 Å². The molecule has 0 aliphatic carbocycles. The van der Waals surface area contributed by atoms with E-state index in [1.807, 2.05) is 20.8 Å². The molecule has 0 bridgehead atoms. The van der Waals surface area contributed by atoms with Gasteiger partial charge in [0, 0.05) is 25.7 Å². The molecule has 1 N–H and O–H groups in total. The molecular weight excluding hydrogens is 276 g/mol. The molecule has 1 aliphatic heterocycles. The maximum absolute atomic E-state index is 12.1. The van der Waals surface area contributed by atoms with Crippen LogP contribution < -0.4 is 5.32 Å². The van der Waals surface area contributed by atoms with Crippen LogP contribution >= 0.6 is 0 Å². The van der Waals surface area contributed by atoms with Gasteiger partial charge >= 0.3 is 6.09 Å². The second kappa shape index (κ2) is 6.69. The number of carbonyl (C=O) groups excluding carboxylic acids is 1. The molecule has 0 radical (unpaired) electrons. The highest BCUT2D eigenvalue weighted by atomic mass is 16.6. The van der Waals surface area contributed by atoms with Crippen molar-refractivity contribution in [2.24, 2.45) is 0 Å². The average Bonchev–Trinajstić information content (AvgIpc) is 2.85. The Morgan fingerprint density at radius 2 is 1.95 bits per heavy atom. The molecular formula is C18H28N2O2. The van der Waals surface area contributed by atoms with Crippen molar-refractivity contribution in [1.29, 1.82) is 0 Å². The number of aryl methyl sites for hydroxylation is 2. The largest absolute Gasteiger partial charge is 0.444 e. The summed E-state index contributed by atoms with van der Waals surface area (Å²) in [7, 11) is 0. The van der Waals surface area contributed by atoms with E-state index in [1.54, 1.807) is 4.90 Å². The van der Waals surface area contributed by atoms with Crippen molar-refractivity contribution in [2.75, 3.05) is 13.1 Å². The van der Waals surface area contributed by atoms with E-state index in [0.717, 1.165) is 26.1 Å². The van der Waals surface area contributed by atoms with Crippen LogP contribution in [0.25, 0.3) is 0 Å². The fraction of sp³-hybridized carbons (Fsp3) is 0.611. The molecule has 1 heterocycles. The monoisotopic (exact) mass is 304 g/mol. The Bertz CT molecular complexity index is 514. The van der Waals surface area contributed by atoms with Gasteiger partial charge in [-0.05, 0) is 57.7 Å². The van der Waals surface area contributed by atoms with Crippen LogP contribution in [0.1, 0.15) is 43.9 Å². The smallest absolute Gasteiger partial charge is 0.410 e. The van der Waals surface area contributed by atoms with Gasteiger partial charge in [-0.3, -0.25) is 0 Å². The third-order valence-electron chi connectivity index (χ3n) is 4.05. The predicted octanol–water partition coefficient (Wildman–Crippen LogP) is 3.40. The normalized spacial score (nSPS) is 18.6. The van der Waals surface area contributed by atoms with Gasteiger partial charge in [-0.15, -0.1) is 0 Å². The molecule has 1 fully saturated rings. The van der Waals surface area contributed by atoms with Crippen molar-refractivity contribution in [1.82, 2.24) is 10.2 Å². The molecule has 22 heavy (non-hydrogen) atoms. The van der Waals surface area contributed by atoms with Crippen LogP contribution in [-0.4, -0.2) is 35.7 Å². The Morgan fingerprint density at radius 3 is 2.55 bits per heavy atom. The number of nitrogens with one attached hydrogen (secondary N) is 1. The van der Waals surface area contributed by atoms with E-state index in [9.17, 15) is 4.79 Å². The number of ether oxygens (including phenoxy) is 1. The zero-order valence-electron chi connectivity index (χ0n) is 14.4. The van der Waals surface area contributed by atoms with Crippen LogP contribution in [0.4, 0.5) is 4.79 Å². The van der Waals surface area contributed by atoms with Gasteiger partial charge in [-0.1, -0.05) is 18.2 Å². The van der Waals surface area contributed by atoms with E-state index in [4.69, 9.17) is 4.74 Å². The highest BCUT2D eigenvalue weighted by molar-refractivity contribution is 5.68. The van der Waals surface area contributed by atoms with E-state index in [0.29, 0.717) is 6.04 Å². The Balaban J connectivity index is 1.85. The SMILES string of the molecule is Cc1cccc(C)c1CNC1CCN(C(=O)OC(C)(C)C)C1. The molecule has 2 rings (SSSR count). The number of benzene rings is 1. The fourth-order valence-corrected chi connectivity index (χ4v) is 2.79. The summed E-state index contributed by atoms with van der Waals surface area (Å²) in [6.45, 7) is 12.3. The van der Waals surface area contributed by atoms with Crippen molar-refractivity contribution < 1.29 is 9.53 Å². The summed E-state index contributed by atoms with van der Waals surface area (Å²) in [6, 6.07) is 6.72. The minimum absolute atomic E-state index is 0.205. The van der Waals surface area contributed by atoms with Crippen molar-refractivity contribution >= 4 is 6.09 Å². The van der Waals surface area contributed by atoms with E-state index in [1.165, 1.54) is 16.7 Å². The van der Waals surface area contributed by atoms with Crippen molar-refractivity contribution in [3.8, 4) is 0 Å². The van der Waals surface area contributed by atoms with E-state index in [-0.39, 0.29) is 6.09 Å². The Hall–Kier alpha value is -1.55. The number of rotatable bonds is 3. The summed E-state index contributed by atoms with van der Waals surface area (Å²) in [6.07, 6.45) is 0.772. The third kappa shape index (κ3) is 4.47. The maximum Gasteiger partial charge on any atom is 0.410 e. The van der Waals surface area contributed by atoms with E-state index < -0.39 is 5.60 Å². The van der Waals surface area contributed by atoms with Crippen LogP contribution in [-0.2, 0) is 11.3 Å². The average molecular weight is 304 g/mol. The first-order valence-electron chi connectivity index (χ1n) is 8.02. The lowest BCUT2D eigenvalue weighted by atomic mass is 10.0. The molecule has 4 nitrogen and oxygen atoms in total. The Labute approximate surface area is 133 Å². The quantitative estimate of drug-likeness (QED) is 0.930. The van der Waals surface area contributed by atoms with Crippen LogP contribution in [0.3, 0.4) is 0 Å². The molecule has 0 aromatic heterocycles. The van der Waals surface area contributed by atoms with Gasteiger partial charge in [0.2, 0.25) is 0 Å². The molecule has 1 aliphatic rings. The lowest BCUT2D eigenvalue weighted by Gasteiger charge is -2.24. The molecule has 122 valence electrons. The van der Waals surface area contributed by atoms with Crippen molar-refractivity contribution in [2.45, 2.75) is 59.2 Å². The molecule has 1 amide bonds. The standard InChI is InChI=1S/C18H28N2O2/c1-13-7-6-8-14(2)16(13)11-19-15-9-10-20(12-15)17(21)22-18(3,4)5/h6-8,15,19H,9-12H2,1-5H3. The van der Waals surface area contributed by atoms with Gasteiger partial charge in [0.1, 0.15) is 5.60 Å². The van der Waals surface area contributed by atoms with Crippen molar-refractivity contribution in [3.63, 3.8) is 0 Å². The Morgan fingerprint density at radius 1 is 1.32 bits per heavy atom. The molecule has 1 unspecified atom stereocenters. The maximum atomic E-state index is 12.1. The number of carbonyl (C=O) groups is 1. The van der Waals surface area contributed by atoms with Gasteiger partial charge in [-0.2, -0.15) is 0 Å². The highest BCUT2D eigenvalue weighted by Gasteiger charge is 2.29. The molecule has 4 heteroatoms. The van der Waals surface area contributed by atoms with Gasteiger partial charge < -0.3 is 15.0 Å². The fourth-order valence-electron chi connectivity index (χ4n) is 2.79. The minimum Gasteiger partial charge on any atom is -0.444 e. The first-order chi connectivity index (χ1) is 10.3. The summed E-state index contributed by atoms with van der Waals surface area (Å²) in [5.41, 5.74) is 3.56. The first-order valence-corrected chi connectivity index (χ1v) is 8.02. The van der Waals surface area contributed by atoms with Crippen LogP contribution in [0.2, 0.25) is 0 Å². The predicted molar refractivity (Wildman–Crippen MR) is 89.0 cm³/mol. The number of hydrogen-bond donors (Lipinski definition) is 1. The number of likely N-dealkylation sites (tertiary alicyclic amines) is 1. The molecule has 0 saturated carbocycles. The second-order valence-electron chi connectivity index (χ2n) is 7.16. The lowest BCUT2D eigenvalue weighted by Crippen LogP contribution is -2.38. The Kier molecular flexibility index (Phi) is 5.12. The zero-order chi connectivity index (χ0) is 16.3. The van der Waals surface area contributed by atoms with Crippen LogP contribution in [0.5, 0.6) is 0 Å². The first kappa shape index (κ1) is 16.8. The van der Waals surface area contributed by atoms with Gasteiger partial charge in [0.25, 0.3) is 0 Å². The van der Waals surface area contributed by atoms with Gasteiger partial charge in [0.15, 0.2) is 0 Å². The van der Waals surface area contributed by atoms with Crippen molar-refractivity contribution in [3.05, 3.63) is 34.9 Å². The molecule has 1 atom stereocenters. The summed E-state index contributed by atoms with van der Waals surface area (Å²) in [5, 5.41) is 3.58. The third-order valence-corrected chi connectivity index (χ3v) is 4.05. The van der Waals surface area contributed by atoms with Gasteiger partial charge in [0.05, 0.1) is 0 Å². The van der Waals surface area contributed by atoms with Crippen LogP contribution in [0, 0.1) is 13.8 Å². The summed E-state index contributed by atoms with van der Waals surface area (Å²) < 4.78 is 5.43. The number of nitrogens with zero attached hydrogens (tertiary/aromatic N) is 1. The second-order valence-corrected chi connectivity index (χ2v) is 7.16. The number of amides is 1. The molecule has 1 aromatic carbocycles. The summed E-state index contributed by atoms with van der Waals surface area (Å²) in [5.74, 6) is 0.